The summed E-state index contributed by atoms with van der Waals surface area (Å²) in [7, 11) is 1.65. The maximum Gasteiger partial charge on any atom is 0.143 e. The highest BCUT2D eigenvalue weighted by atomic mass is 35.5. The van der Waals surface area contributed by atoms with Crippen molar-refractivity contribution in [1.29, 1.82) is 0 Å². The van der Waals surface area contributed by atoms with Crippen molar-refractivity contribution in [2.75, 3.05) is 12.4 Å². The van der Waals surface area contributed by atoms with Gasteiger partial charge in [-0.1, -0.05) is 53.5 Å². The van der Waals surface area contributed by atoms with Crippen LogP contribution in [0.3, 0.4) is 0 Å². The van der Waals surface area contributed by atoms with Crippen molar-refractivity contribution in [3.63, 3.8) is 0 Å². The molecule has 0 aliphatic heterocycles. The average molecular weight is 388 g/mol. The number of methoxy groups -OCH3 is 1. The molecular weight excluding hydrogens is 369 g/mol. The molecule has 1 N–H and O–H groups in total. The molecule has 0 atom stereocenters. The van der Waals surface area contributed by atoms with Crippen LogP contribution in [0.2, 0.25) is 10.0 Å². The Morgan fingerprint density at radius 1 is 0.923 bits per heavy atom. The van der Waals surface area contributed by atoms with Crippen molar-refractivity contribution < 1.29 is 9.47 Å². The minimum Gasteiger partial charge on any atom is -0.497 e. The second kappa shape index (κ2) is 8.84. The molecule has 3 aromatic carbocycles. The smallest absolute Gasteiger partial charge is 0.143 e. The lowest BCUT2D eigenvalue weighted by molar-refractivity contribution is 0.303. The van der Waals surface area contributed by atoms with E-state index < -0.39 is 0 Å². The standard InChI is InChI=1S/C21H19Cl2NO2/c1-25-19-9-7-18(8-10-19)24-13-16-11-17(22)12-20(23)21(16)26-14-15-5-3-2-4-6-15/h2-12,24H,13-14H2,1H3. The zero-order valence-electron chi connectivity index (χ0n) is 14.3. The van der Waals surface area contributed by atoms with Crippen LogP contribution in [0.15, 0.2) is 66.7 Å². The quantitative estimate of drug-likeness (QED) is 0.523. The van der Waals surface area contributed by atoms with Crippen LogP contribution in [0.4, 0.5) is 5.69 Å². The molecule has 0 saturated heterocycles. The highest BCUT2D eigenvalue weighted by molar-refractivity contribution is 6.35. The molecule has 0 amide bonds. The largest absolute Gasteiger partial charge is 0.497 e. The van der Waals surface area contributed by atoms with Gasteiger partial charge in [-0.3, -0.25) is 0 Å². The van der Waals surface area contributed by atoms with Gasteiger partial charge in [0.2, 0.25) is 0 Å². The molecule has 0 fully saturated rings. The highest BCUT2D eigenvalue weighted by Crippen LogP contribution is 2.33. The maximum atomic E-state index is 6.37. The van der Waals surface area contributed by atoms with Gasteiger partial charge in [0.05, 0.1) is 12.1 Å². The number of rotatable bonds is 7. The molecule has 3 nitrogen and oxygen atoms in total. The zero-order chi connectivity index (χ0) is 18.4. The van der Waals surface area contributed by atoms with Crippen molar-refractivity contribution in [3.05, 3.63) is 87.9 Å². The summed E-state index contributed by atoms with van der Waals surface area (Å²) in [6.07, 6.45) is 0. The van der Waals surface area contributed by atoms with Gasteiger partial charge in [0, 0.05) is 22.8 Å². The van der Waals surface area contributed by atoms with Gasteiger partial charge in [-0.25, -0.2) is 0 Å². The van der Waals surface area contributed by atoms with Gasteiger partial charge in [0.25, 0.3) is 0 Å². The van der Waals surface area contributed by atoms with Crippen LogP contribution >= 0.6 is 23.2 Å². The summed E-state index contributed by atoms with van der Waals surface area (Å²) < 4.78 is 11.2. The molecule has 3 aromatic rings. The first-order valence-electron chi connectivity index (χ1n) is 8.18. The predicted octanol–water partition coefficient (Wildman–Crippen LogP) is 6.19. The Hall–Kier alpha value is -2.36. The van der Waals surface area contributed by atoms with Crippen LogP contribution in [0.1, 0.15) is 11.1 Å². The maximum absolute atomic E-state index is 6.37. The molecule has 0 bridgehead atoms. The van der Waals surface area contributed by atoms with Crippen molar-refractivity contribution in [1.82, 2.24) is 0 Å². The van der Waals surface area contributed by atoms with E-state index in [4.69, 9.17) is 32.7 Å². The van der Waals surface area contributed by atoms with Crippen LogP contribution in [0.5, 0.6) is 11.5 Å². The minimum absolute atomic E-state index is 0.442. The average Bonchev–Trinajstić information content (AvgIpc) is 2.66. The molecule has 0 saturated carbocycles. The number of hydrogen-bond donors (Lipinski definition) is 1. The fourth-order valence-corrected chi connectivity index (χ4v) is 3.13. The van der Waals surface area contributed by atoms with Crippen LogP contribution in [-0.4, -0.2) is 7.11 Å². The number of hydrogen-bond acceptors (Lipinski definition) is 3. The Morgan fingerprint density at radius 2 is 1.65 bits per heavy atom. The van der Waals surface area contributed by atoms with Gasteiger partial charge in [0.1, 0.15) is 18.1 Å². The van der Waals surface area contributed by atoms with E-state index in [0.29, 0.717) is 28.9 Å². The van der Waals surface area contributed by atoms with Gasteiger partial charge in [-0.05, 0) is 42.0 Å². The second-order valence-electron chi connectivity index (χ2n) is 5.73. The van der Waals surface area contributed by atoms with Gasteiger partial charge in [-0.2, -0.15) is 0 Å². The first-order valence-corrected chi connectivity index (χ1v) is 8.94. The van der Waals surface area contributed by atoms with E-state index in [1.807, 2.05) is 60.7 Å². The third kappa shape index (κ3) is 4.84. The van der Waals surface area contributed by atoms with Crippen LogP contribution < -0.4 is 14.8 Å². The van der Waals surface area contributed by atoms with Gasteiger partial charge in [-0.15, -0.1) is 0 Å². The van der Waals surface area contributed by atoms with E-state index in [2.05, 4.69) is 5.32 Å². The normalized spacial score (nSPS) is 10.4. The first kappa shape index (κ1) is 18.4. The summed E-state index contributed by atoms with van der Waals surface area (Å²) in [5, 5.41) is 4.43. The lowest BCUT2D eigenvalue weighted by atomic mass is 10.2. The van der Waals surface area contributed by atoms with Crippen LogP contribution in [0, 0.1) is 0 Å². The lowest BCUT2D eigenvalue weighted by Gasteiger charge is -2.15. The Balaban J connectivity index is 1.74. The zero-order valence-corrected chi connectivity index (χ0v) is 15.8. The molecule has 0 aromatic heterocycles. The van der Waals surface area contributed by atoms with E-state index in [9.17, 15) is 0 Å². The number of anilines is 1. The SMILES string of the molecule is COc1ccc(NCc2cc(Cl)cc(Cl)c2OCc2ccccc2)cc1. The summed E-state index contributed by atoms with van der Waals surface area (Å²) in [5.74, 6) is 1.45. The van der Waals surface area contributed by atoms with Crippen molar-refractivity contribution in [2.24, 2.45) is 0 Å². The second-order valence-corrected chi connectivity index (χ2v) is 6.58. The Kier molecular flexibility index (Phi) is 6.26. The summed E-state index contributed by atoms with van der Waals surface area (Å²) in [5.41, 5.74) is 2.94. The molecule has 0 aliphatic rings. The van der Waals surface area contributed by atoms with Gasteiger partial charge in [0.15, 0.2) is 0 Å². The Bertz CT molecular complexity index is 852. The summed E-state index contributed by atoms with van der Waals surface area (Å²) in [6.45, 7) is 0.981. The molecule has 0 heterocycles. The third-order valence-electron chi connectivity index (χ3n) is 3.88. The van der Waals surface area contributed by atoms with Crippen LogP contribution in [0.25, 0.3) is 0 Å². The molecule has 0 spiro atoms. The summed E-state index contributed by atoms with van der Waals surface area (Å²) >= 11 is 12.5. The number of benzene rings is 3. The van der Waals surface area contributed by atoms with Gasteiger partial charge >= 0.3 is 0 Å². The molecule has 3 rings (SSSR count). The van der Waals surface area contributed by atoms with E-state index in [1.54, 1.807) is 13.2 Å². The van der Waals surface area contributed by atoms with Crippen molar-refractivity contribution in [3.8, 4) is 11.5 Å². The molecule has 134 valence electrons. The fourth-order valence-electron chi connectivity index (χ4n) is 2.54. The van der Waals surface area contributed by atoms with Crippen molar-refractivity contribution >= 4 is 28.9 Å². The fraction of sp³-hybridized carbons (Fsp3) is 0.143. The topological polar surface area (TPSA) is 30.5 Å². The third-order valence-corrected chi connectivity index (χ3v) is 4.38. The molecule has 0 radical (unpaired) electrons. The predicted molar refractivity (Wildman–Crippen MR) is 108 cm³/mol. The van der Waals surface area contributed by atoms with E-state index in [1.165, 1.54) is 0 Å². The monoisotopic (exact) mass is 387 g/mol. The van der Waals surface area contributed by atoms with Crippen LogP contribution in [-0.2, 0) is 13.2 Å². The summed E-state index contributed by atoms with van der Waals surface area (Å²) in [4.78, 5) is 0. The molecule has 5 heteroatoms. The van der Waals surface area contributed by atoms with Gasteiger partial charge < -0.3 is 14.8 Å². The molecule has 26 heavy (non-hydrogen) atoms. The van der Waals surface area contributed by atoms with Crippen molar-refractivity contribution in [2.45, 2.75) is 13.2 Å². The lowest BCUT2D eigenvalue weighted by Crippen LogP contribution is -2.04. The number of nitrogens with one attached hydrogen (secondary N) is 1. The first-order chi connectivity index (χ1) is 12.7. The van der Waals surface area contributed by atoms with E-state index >= 15 is 0 Å². The number of halogens is 2. The number of ether oxygens (including phenoxy) is 2. The Morgan fingerprint density at radius 3 is 2.35 bits per heavy atom. The Labute approximate surface area is 163 Å². The summed E-state index contributed by atoms with van der Waals surface area (Å²) in [6, 6.07) is 21.2. The van der Waals surface area contributed by atoms with E-state index in [-0.39, 0.29) is 0 Å². The minimum atomic E-state index is 0.442. The van der Waals surface area contributed by atoms with E-state index in [0.717, 1.165) is 22.6 Å². The molecule has 0 unspecified atom stereocenters. The highest BCUT2D eigenvalue weighted by Gasteiger charge is 2.11. The molecule has 0 aliphatic carbocycles. The molecular formula is C21H19Cl2NO2.